The summed E-state index contributed by atoms with van der Waals surface area (Å²) in [5.41, 5.74) is 0.0262. The molecule has 0 atom stereocenters. The number of carboxylic acids is 1. The average molecular weight is 300 g/mol. The zero-order chi connectivity index (χ0) is 15.4. The Hall–Kier alpha value is -2.85. The van der Waals surface area contributed by atoms with Crippen LogP contribution in [0.25, 0.3) is 0 Å². The first-order valence-electron chi connectivity index (χ1n) is 5.71. The third kappa shape index (κ3) is 3.38. The van der Waals surface area contributed by atoms with Gasteiger partial charge in [-0.05, 0) is 30.3 Å². The third-order valence-corrected chi connectivity index (χ3v) is 3.62. The highest BCUT2D eigenvalue weighted by atomic mass is 32.2. The monoisotopic (exact) mass is 300 g/mol. The Morgan fingerprint density at radius 2 is 1.81 bits per heavy atom. The van der Waals surface area contributed by atoms with Crippen LogP contribution in [0.4, 0.5) is 5.69 Å². The minimum absolute atomic E-state index is 0.00158. The molecule has 0 aliphatic rings. The van der Waals surface area contributed by atoms with E-state index in [2.05, 4.69) is 0 Å². The fraction of sp³-hybridized carbons (Fsp3) is 0. The van der Waals surface area contributed by atoms with Crippen LogP contribution >= 0.6 is 11.8 Å². The second-order valence-electron chi connectivity index (χ2n) is 3.98. The van der Waals surface area contributed by atoms with E-state index in [1.807, 2.05) is 6.07 Å². The van der Waals surface area contributed by atoms with Crippen LogP contribution in [0.3, 0.4) is 0 Å². The van der Waals surface area contributed by atoms with Crippen LogP contribution in [-0.2, 0) is 0 Å². The van der Waals surface area contributed by atoms with Gasteiger partial charge in [0.05, 0.1) is 16.1 Å². The quantitative estimate of drug-likeness (QED) is 0.686. The van der Waals surface area contributed by atoms with Crippen LogP contribution in [0.1, 0.15) is 15.9 Å². The molecule has 0 saturated heterocycles. The molecule has 0 aliphatic heterocycles. The Morgan fingerprint density at radius 3 is 2.33 bits per heavy atom. The summed E-state index contributed by atoms with van der Waals surface area (Å²) in [6.07, 6.45) is 0. The lowest BCUT2D eigenvalue weighted by Gasteiger charge is -2.04. The number of carbonyl (C=O) groups is 1. The zero-order valence-electron chi connectivity index (χ0n) is 10.5. The van der Waals surface area contributed by atoms with E-state index in [4.69, 9.17) is 10.4 Å². The maximum atomic E-state index is 10.9. The number of rotatable bonds is 4. The van der Waals surface area contributed by atoms with Crippen LogP contribution in [0.15, 0.2) is 52.3 Å². The molecule has 2 rings (SSSR count). The maximum Gasteiger partial charge on any atom is 0.337 e. The summed E-state index contributed by atoms with van der Waals surface area (Å²) < 4.78 is 0. The minimum atomic E-state index is -1.15. The number of aromatic carboxylic acids is 1. The van der Waals surface area contributed by atoms with Crippen molar-refractivity contribution in [3.8, 4) is 6.07 Å². The molecule has 2 aromatic carbocycles. The lowest BCUT2D eigenvalue weighted by atomic mass is 10.1. The molecule has 6 nitrogen and oxygen atoms in total. The first kappa shape index (κ1) is 14.6. The Balaban J connectivity index is 2.26. The van der Waals surface area contributed by atoms with Crippen molar-refractivity contribution in [2.45, 2.75) is 9.79 Å². The average Bonchev–Trinajstić information content (AvgIpc) is 2.47. The van der Waals surface area contributed by atoms with E-state index in [1.165, 1.54) is 36.0 Å². The van der Waals surface area contributed by atoms with Crippen LogP contribution in [0.5, 0.6) is 0 Å². The first-order chi connectivity index (χ1) is 10.0. The van der Waals surface area contributed by atoms with E-state index in [-0.39, 0.29) is 16.8 Å². The minimum Gasteiger partial charge on any atom is -0.478 e. The lowest BCUT2D eigenvalue weighted by Crippen LogP contribution is -1.99. The Labute approximate surface area is 123 Å². The molecule has 0 aliphatic carbocycles. The Bertz CT molecular complexity index is 751. The van der Waals surface area contributed by atoms with Crippen LogP contribution in [0.2, 0.25) is 0 Å². The van der Waals surface area contributed by atoms with Crippen molar-refractivity contribution in [3.05, 3.63) is 63.7 Å². The van der Waals surface area contributed by atoms with Crippen LogP contribution in [-0.4, -0.2) is 16.0 Å². The predicted octanol–water partition coefficient (Wildman–Crippen LogP) is 3.32. The molecule has 0 bridgehead atoms. The number of nitrogens with zero attached hydrogens (tertiary/aromatic N) is 2. The fourth-order valence-corrected chi connectivity index (χ4v) is 2.50. The number of carboxylic acid groups (broad SMARTS) is 1. The first-order valence-corrected chi connectivity index (χ1v) is 6.52. The summed E-state index contributed by atoms with van der Waals surface area (Å²) in [5.74, 6) is -1.15. The fourth-order valence-electron chi connectivity index (χ4n) is 1.64. The standard InChI is InChI=1S/C14H8N2O4S/c15-8-9-7-12(5-6-13(9)14(17)18)21-11-3-1-10(2-4-11)16(19)20/h1-7H,(H,17,18). The molecule has 0 saturated carbocycles. The molecule has 0 heterocycles. The molecular formula is C14H8N2O4S. The van der Waals surface area contributed by atoms with E-state index in [0.29, 0.717) is 4.90 Å². The molecule has 0 radical (unpaired) electrons. The molecule has 0 amide bonds. The van der Waals surface area contributed by atoms with Gasteiger partial charge in [-0.1, -0.05) is 11.8 Å². The lowest BCUT2D eigenvalue weighted by molar-refractivity contribution is -0.384. The highest BCUT2D eigenvalue weighted by Crippen LogP contribution is 2.30. The van der Waals surface area contributed by atoms with Gasteiger partial charge in [-0.2, -0.15) is 5.26 Å². The van der Waals surface area contributed by atoms with E-state index >= 15 is 0 Å². The number of nitro groups is 1. The summed E-state index contributed by atoms with van der Waals surface area (Å²) in [5, 5.41) is 28.5. The highest BCUT2D eigenvalue weighted by molar-refractivity contribution is 7.99. The summed E-state index contributed by atoms with van der Waals surface area (Å²) in [7, 11) is 0. The molecule has 1 N–H and O–H groups in total. The number of nitro benzene ring substituents is 1. The number of non-ortho nitro benzene ring substituents is 1. The molecular weight excluding hydrogens is 292 g/mol. The second-order valence-corrected chi connectivity index (χ2v) is 5.12. The van der Waals surface area contributed by atoms with Crippen molar-refractivity contribution < 1.29 is 14.8 Å². The highest BCUT2D eigenvalue weighted by Gasteiger charge is 2.11. The number of hydrogen-bond donors (Lipinski definition) is 1. The SMILES string of the molecule is N#Cc1cc(Sc2ccc([N+](=O)[O-])cc2)ccc1C(=O)O. The van der Waals surface area contributed by atoms with Crippen molar-refractivity contribution >= 4 is 23.4 Å². The number of benzene rings is 2. The third-order valence-electron chi connectivity index (χ3n) is 2.63. The van der Waals surface area contributed by atoms with Crippen LogP contribution in [0, 0.1) is 21.4 Å². The molecule has 0 aromatic heterocycles. The second kappa shape index (κ2) is 6.07. The molecule has 21 heavy (non-hydrogen) atoms. The smallest absolute Gasteiger partial charge is 0.337 e. The van der Waals surface area contributed by atoms with Gasteiger partial charge in [-0.3, -0.25) is 10.1 Å². The zero-order valence-corrected chi connectivity index (χ0v) is 11.3. The molecule has 104 valence electrons. The van der Waals surface area contributed by atoms with Gasteiger partial charge in [0.1, 0.15) is 6.07 Å². The summed E-state index contributed by atoms with van der Waals surface area (Å²) >= 11 is 1.29. The van der Waals surface area contributed by atoms with Crippen LogP contribution < -0.4 is 0 Å². The van der Waals surface area contributed by atoms with E-state index in [1.54, 1.807) is 18.2 Å². The Morgan fingerprint density at radius 1 is 1.19 bits per heavy atom. The Kier molecular flexibility index (Phi) is 4.21. The van der Waals surface area contributed by atoms with Gasteiger partial charge in [0.15, 0.2) is 0 Å². The van der Waals surface area contributed by atoms with Gasteiger partial charge in [0.25, 0.3) is 5.69 Å². The van der Waals surface area contributed by atoms with Gasteiger partial charge < -0.3 is 5.11 Å². The van der Waals surface area contributed by atoms with Gasteiger partial charge in [0, 0.05) is 21.9 Å². The van der Waals surface area contributed by atoms with Crippen molar-refractivity contribution in [2.75, 3.05) is 0 Å². The molecule has 0 fully saturated rings. The predicted molar refractivity (Wildman–Crippen MR) is 75.3 cm³/mol. The molecule has 0 spiro atoms. The van der Waals surface area contributed by atoms with Gasteiger partial charge >= 0.3 is 5.97 Å². The van der Waals surface area contributed by atoms with E-state index in [9.17, 15) is 14.9 Å². The molecule has 0 unspecified atom stereocenters. The van der Waals surface area contributed by atoms with Gasteiger partial charge in [0.2, 0.25) is 0 Å². The summed E-state index contributed by atoms with van der Waals surface area (Å²) in [6, 6.07) is 12.3. The normalized spacial score (nSPS) is 9.86. The van der Waals surface area contributed by atoms with Crippen molar-refractivity contribution in [1.82, 2.24) is 0 Å². The summed E-state index contributed by atoms with van der Waals surface area (Å²) in [6.45, 7) is 0. The van der Waals surface area contributed by atoms with Crippen molar-refractivity contribution in [1.29, 1.82) is 5.26 Å². The van der Waals surface area contributed by atoms with Gasteiger partial charge in [-0.25, -0.2) is 4.79 Å². The summed E-state index contributed by atoms with van der Waals surface area (Å²) in [4.78, 5) is 22.5. The van der Waals surface area contributed by atoms with Gasteiger partial charge in [-0.15, -0.1) is 0 Å². The molecule has 7 heteroatoms. The van der Waals surface area contributed by atoms with Crippen molar-refractivity contribution in [3.63, 3.8) is 0 Å². The van der Waals surface area contributed by atoms with E-state index < -0.39 is 10.9 Å². The molecule has 2 aromatic rings. The maximum absolute atomic E-state index is 10.9. The topological polar surface area (TPSA) is 104 Å². The largest absolute Gasteiger partial charge is 0.478 e. The number of nitriles is 1. The number of hydrogen-bond acceptors (Lipinski definition) is 5. The van der Waals surface area contributed by atoms with E-state index in [0.717, 1.165) is 4.90 Å². The van der Waals surface area contributed by atoms with Crippen molar-refractivity contribution in [2.24, 2.45) is 0 Å².